The fraction of sp³-hybridized carbons (Fsp3) is 0.857. The van der Waals surface area contributed by atoms with Gasteiger partial charge in [-0.3, -0.25) is 0 Å². The maximum atomic E-state index is 8.40. The van der Waals surface area contributed by atoms with Crippen LogP contribution in [-0.4, -0.2) is 5.33 Å². The van der Waals surface area contributed by atoms with E-state index in [1.54, 1.807) is 0 Å². The van der Waals surface area contributed by atoms with E-state index in [-0.39, 0.29) is 0 Å². The van der Waals surface area contributed by atoms with Gasteiger partial charge in [0.2, 0.25) is 0 Å². The smallest absolute Gasteiger partial charge is 0.0627 e. The first-order valence-corrected chi connectivity index (χ1v) is 4.38. The summed E-state index contributed by atoms with van der Waals surface area (Å²) in [5.41, 5.74) is 0.443. The number of nitriles is 1. The summed E-state index contributed by atoms with van der Waals surface area (Å²) in [5.74, 6) is 0. The van der Waals surface area contributed by atoms with Gasteiger partial charge in [-0.1, -0.05) is 15.9 Å². The van der Waals surface area contributed by atoms with Crippen molar-refractivity contribution in [1.29, 1.82) is 5.26 Å². The molecule has 0 aromatic heterocycles. The Kier molecular flexibility index (Phi) is 2.13. The zero-order valence-corrected chi connectivity index (χ0v) is 6.95. The molecule has 0 radical (unpaired) electrons. The molecule has 1 nitrogen and oxygen atoms in total. The molecule has 0 heterocycles. The number of hydrogen-bond acceptors (Lipinski definition) is 1. The van der Waals surface area contributed by atoms with Crippen LogP contribution in [0.15, 0.2) is 0 Å². The summed E-state index contributed by atoms with van der Waals surface area (Å²) in [7, 11) is 0. The molecule has 0 amide bonds. The Balaban J connectivity index is 2.27. The summed E-state index contributed by atoms with van der Waals surface area (Å²) in [6.07, 6.45) is 4.48. The number of hydrogen-bond donors (Lipinski definition) is 0. The molecule has 1 aliphatic rings. The van der Waals surface area contributed by atoms with E-state index in [0.717, 1.165) is 11.8 Å². The molecule has 50 valence electrons. The van der Waals surface area contributed by atoms with Gasteiger partial charge < -0.3 is 0 Å². The van der Waals surface area contributed by atoms with Crippen molar-refractivity contribution >= 4 is 15.9 Å². The Morgan fingerprint density at radius 2 is 2.22 bits per heavy atom. The Morgan fingerprint density at radius 3 is 2.56 bits per heavy atom. The zero-order valence-electron chi connectivity index (χ0n) is 5.36. The average Bonchev–Trinajstić information content (AvgIpc) is 2.51. The molecule has 0 spiro atoms. The third-order valence-electron chi connectivity index (χ3n) is 2.04. The first-order chi connectivity index (χ1) is 4.33. The molecule has 0 aromatic rings. The third-order valence-corrected chi connectivity index (χ3v) is 2.43. The van der Waals surface area contributed by atoms with Crippen molar-refractivity contribution in [1.82, 2.24) is 0 Å². The molecule has 1 fully saturated rings. The lowest BCUT2D eigenvalue weighted by molar-refractivity contribution is 0.511. The normalized spacial score (nSPS) is 20.9. The second-order valence-electron chi connectivity index (χ2n) is 2.77. The highest BCUT2D eigenvalue weighted by atomic mass is 79.9. The van der Waals surface area contributed by atoms with Gasteiger partial charge in [-0.15, -0.1) is 0 Å². The van der Waals surface area contributed by atoms with E-state index in [0.29, 0.717) is 5.41 Å². The predicted molar refractivity (Wildman–Crippen MR) is 40.3 cm³/mol. The van der Waals surface area contributed by atoms with Crippen molar-refractivity contribution in [2.75, 3.05) is 5.33 Å². The number of alkyl halides is 1. The van der Waals surface area contributed by atoms with Crippen LogP contribution in [0.2, 0.25) is 0 Å². The molecule has 1 rings (SSSR count). The number of halogens is 1. The highest BCUT2D eigenvalue weighted by molar-refractivity contribution is 9.09. The highest BCUT2D eigenvalue weighted by Gasteiger charge is 2.41. The maximum Gasteiger partial charge on any atom is 0.0627 e. The lowest BCUT2D eigenvalue weighted by atomic mass is 10.0. The quantitative estimate of drug-likeness (QED) is 0.624. The van der Waals surface area contributed by atoms with E-state index in [1.165, 1.54) is 19.3 Å². The Morgan fingerprint density at radius 1 is 1.56 bits per heavy atom. The van der Waals surface area contributed by atoms with Gasteiger partial charge in [0.15, 0.2) is 0 Å². The third kappa shape index (κ3) is 1.69. The van der Waals surface area contributed by atoms with Crippen molar-refractivity contribution < 1.29 is 0 Å². The minimum Gasteiger partial charge on any atom is -0.198 e. The zero-order chi connectivity index (χ0) is 6.74. The van der Waals surface area contributed by atoms with Crippen LogP contribution < -0.4 is 0 Å². The Hall–Kier alpha value is -0.0300. The van der Waals surface area contributed by atoms with Crippen LogP contribution in [0.25, 0.3) is 0 Å². The Labute approximate surface area is 64.2 Å². The second kappa shape index (κ2) is 2.70. The molecule has 0 saturated heterocycles. The van der Waals surface area contributed by atoms with Crippen molar-refractivity contribution in [2.45, 2.75) is 25.7 Å². The summed E-state index contributed by atoms with van der Waals surface area (Å²) in [6, 6.07) is 2.23. The van der Waals surface area contributed by atoms with Gasteiger partial charge in [0, 0.05) is 11.8 Å². The van der Waals surface area contributed by atoms with E-state index in [2.05, 4.69) is 22.0 Å². The SMILES string of the molecule is N#CCC1(CCBr)CC1. The van der Waals surface area contributed by atoms with Crippen LogP contribution in [0.5, 0.6) is 0 Å². The minimum absolute atomic E-state index is 0.443. The first-order valence-electron chi connectivity index (χ1n) is 3.26. The van der Waals surface area contributed by atoms with Gasteiger partial charge in [0.05, 0.1) is 6.07 Å². The van der Waals surface area contributed by atoms with Crippen LogP contribution in [-0.2, 0) is 0 Å². The van der Waals surface area contributed by atoms with Crippen LogP contribution in [0, 0.1) is 16.7 Å². The number of nitrogens with zero attached hydrogens (tertiary/aromatic N) is 1. The van der Waals surface area contributed by atoms with Crippen LogP contribution in [0.4, 0.5) is 0 Å². The van der Waals surface area contributed by atoms with E-state index in [1.807, 2.05) is 0 Å². The fourth-order valence-electron chi connectivity index (χ4n) is 1.06. The molecule has 0 bridgehead atoms. The molecule has 0 N–H and O–H groups in total. The fourth-order valence-corrected chi connectivity index (χ4v) is 1.90. The van der Waals surface area contributed by atoms with Crippen LogP contribution >= 0.6 is 15.9 Å². The van der Waals surface area contributed by atoms with Gasteiger partial charge >= 0.3 is 0 Å². The lowest BCUT2D eigenvalue weighted by Gasteiger charge is -2.05. The van der Waals surface area contributed by atoms with E-state index in [9.17, 15) is 0 Å². The molecule has 9 heavy (non-hydrogen) atoms. The van der Waals surface area contributed by atoms with Crippen molar-refractivity contribution in [3.05, 3.63) is 0 Å². The van der Waals surface area contributed by atoms with Crippen molar-refractivity contribution in [3.63, 3.8) is 0 Å². The Bertz CT molecular complexity index is 132. The predicted octanol–water partition coefficient (Wildman–Crippen LogP) is 2.47. The maximum absolute atomic E-state index is 8.40. The average molecular weight is 188 g/mol. The van der Waals surface area contributed by atoms with Crippen LogP contribution in [0.1, 0.15) is 25.7 Å². The number of rotatable bonds is 3. The summed E-state index contributed by atoms with van der Waals surface area (Å²) in [4.78, 5) is 0. The second-order valence-corrected chi connectivity index (χ2v) is 3.57. The monoisotopic (exact) mass is 187 g/mol. The molecule has 0 aromatic carbocycles. The van der Waals surface area contributed by atoms with Gasteiger partial charge in [-0.2, -0.15) is 5.26 Å². The van der Waals surface area contributed by atoms with Crippen LogP contribution in [0.3, 0.4) is 0 Å². The molecule has 0 aliphatic heterocycles. The standard InChI is InChI=1S/C7H10BrN/c8-5-3-7(1-2-7)4-6-9/h1-5H2. The summed E-state index contributed by atoms with van der Waals surface area (Å²) < 4.78 is 0. The lowest BCUT2D eigenvalue weighted by Crippen LogP contribution is -1.98. The van der Waals surface area contributed by atoms with Crippen molar-refractivity contribution in [2.24, 2.45) is 5.41 Å². The van der Waals surface area contributed by atoms with Crippen molar-refractivity contribution in [3.8, 4) is 6.07 Å². The largest absolute Gasteiger partial charge is 0.198 e. The molecular weight excluding hydrogens is 178 g/mol. The molecule has 1 aliphatic carbocycles. The first kappa shape index (κ1) is 7.08. The highest BCUT2D eigenvalue weighted by Crippen LogP contribution is 2.51. The molecule has 1 saturated carbocycles. The molecule has 2 heteroatoms. The molecule has 0 unspecified atom stereocenters. The summed E-state index contributed by atoms with van der Waals surface area (Å²) in [5, 5.41) is 9.45. The van der Waals surface area contributed by atoms with Gasteiger partial charge in [-0.25, -0.2) is 0 Å². The van der Waals surface area contributed by atoms with E-state index < -0.39 is 0 Å². The topological polar surface area (TPSA) is 23.8 Å². The summed E-state index contributed by atoms with van der Waals surface area (Å²) in [6.45, 7) is 0. The van der Waals surface area contributed by atoms with Gasteiger partial charge in [-0.05, 0) is 24.7 Å². The van der Waals surface area contributed by atoms with Gasteiger partial charge in [0.25, 0.3) is 0 Å². The van der Waals surface area contributed by atoms with E-state index >= 15 is 0 Å². The minimum atomic E-state index is 0.443. The molecule has 0 atom stereocenters. The molecular formula is C7H10BrN. The van der Waals surface area contributed by atoms with Gasteiger partial charge in [0.1, 0.15) is 0 Å². The van der Waals surface area contributed by atoms with E-state index in [4.69, 9.17) is 5.26 Å². The summed E-state index contributed by atoms with van der Waals surface area (Å²) >= 11 is 3.39.